The van der Waals surface area contributed by atoms with Crippen LogP contribution in [0.1, 0.15) is 43.8 Å². The maximum atomic E-state index is 12.7. The molecule has 3 atom stereocenters. The lowest BCUT2D eigenvalue weighted by atomic mass is 10.1. The number of amides is 1. The molecule has 0 spiro atoms. The van der Waals surface area contributed by atoms with Crippen LogP contribution >= 0.6 is 0 Å². The monoisotopic (exact) mass is 389 g/mol. The molecule has 0 unspecified atom stereocenters. The summed E-state index contributed by atoms with van der Waals surface area (Å²) in [5.74, 6) is -0.0745. The molecule has 1 aromatic carbocycles. The first-order chi connectivity index (χ1) is 13.3. The minimum absolute atomic E-state index is 0.0484. The topological polar surface area (TPSA) is 78.2 Å². The van der Waals surface area contributed by atoms with Crippen molar-refractivity contribution in [1.29, 1.82) is 0 Å². The lowest BCUT2D eigenvalue weighted by Crippen LogP contribution is -2.51. The fraction of sp³-hybridized carbons (Fsp3) is 0.524. The van der Waals surface area contributed by atoms with E-state index in [1.807, 2.05) is 26.8 Å². The number of aryl methyl sites for hydroxylation is 1. The van der Waals surface area contributed by atoms with Gasteiger partial charge in [0, 0.05) is 24.0 Å². The molecular formula is C21H27NO6. The summed E-state index contributed by atoms with van der Waals surface area (Å²) in [6, 6.07) is 5.38. The van der Waals surface area contributed by atoms with Crippen LogP contribution in [0.5, 0.6) is 5.75 Å². The Hall–Kier alpha value is -2.54. The van der Waals surface area contributed by atoms with Gasteiger partial charge in [0.15, 0.2) is 6.10 Å². The summed E-state index contributed by atoms with van der Waals surface area (Å²) in [4.78, 5) is 27.0. The van der Waals surface area contributed by atoms with Crippen LogP contribution < -0.4 is 4.74 Å². The van der Waals surface area contributed by atoms with Gasteiger partial charge < -0.3 is 23.5 Å². The number of rotatable bonds is 5. The summed E-state index contributed by atoms with van der Waals surface area (Å²) in [5.41, 5.74) is 1.23. The molecule has 0 saturated carbocycles. The van der Waals surface area contributed by atoms with Crippen molar-refractivity contribution in [1.82, 2.24) is 4.90 Å². The molecule has 0 N–H and O–H groups in total. The quantitative estimate of drug-likeness (QED) is 0.730. The molecule has 2 heterocycles. The van der Waals surface area contributed by atoms with Crippen LogP contribution in [0.25, 0.3) is 11.0 Å². The summed E-state index contributed by atoms with van der Waals surface area (Å²) >= 11 is 0. The highest BCUT2D eigenvalue weighted by molar-refractivity contribution is 5.97. The molecular weight excluding hydrogens is 362 g/mol. The number of esters is 1. The first kappa shape index (κ1) is 20.2. The average Bonchev–Trinajstić information content (AvgIpc) is 2.97. The predicted molar refractivity (Wildman–Crippen MR) is 104 cm³/mol. The molecule has 152 valence electrons. The van der Waals surface area contributed by atoms with Gasteiger partial charge in [0.25, 0.3) is 5.91 Å². The van der Waals surface area contributed by atoms with Gasteiger partial charge in [-0.1, -0.05) is 0 Å². The van der Waals surface area contributed by atoms with E-state index in [2.05, 4.69) is 0 Å². The summed E-state index contributed by atoms with van der Waals surface area (Å²) in [6.45, 7) is 10.6. The Labute approximate surface area is 164 Å². The van der Waals surface area contributed by atoms with Crippen LogP contribution in [0.15, 0.2) is 22.6 Å². The Morgan fingerprint density at radius 2 is 1.93 bits per heavy atom. The SMILES string of the molecule is CCOc1ccc2oc(C(=O)O[C@H](C)C(=O)N3C[C@@H](C)O[C@@H](C)C3)c(C)c2c1. The number of carbonyl (C=O) groups excluding carboxylic acids is 2. The number of hydrogen-bond acceptors (Lipinski definition) is 6. The minimum Gasteiger partial charge on any atom is -0.494 e. The highest BCUT2D eigenvalue weighted by Crippen LogP contribution is 2.29. The van der Waals surface area contributed by atoms with E-state index >= 15 is 0 Å². The second kappa shape index (κ2) is 8.22. The standard InChI is InChI=1S/C21H27NO6/c1-6-25-16-7-8-18-17(9-16)14(4)19(28-18)21(24)27-15(5)20(23)22-10-12(2)26-13(3)11-22/h7-9,12-13,15H,6,10-11H2,1-5H3/t12-,13+,15-/m1/s1. The molecule has 7 heteroatoms. The van der Waals surface area contributed by atoms with Crippen LogP contribution in [0.3, 0.4) is 0 Å². The van der Waals surface area contributed by atoms with Gasteiger partial charge in [-0.05, 0) is 52.8 Å². The van der Waals surface area contributed by atoms with Crippen molar-refractivity contribution >= 4 is 22.8 Å². The highest BCUT2D eigenvalue weighted by Gasteiger charge is 2.31. The number of morpholine rings is 1. The largest absolute Gasteiger partial charge is 0.494 e. The fourth-order valence-electron chi connectivity index (χ4n) is 3.53. The van der Waals surface area contributed by atoms with Gasteiger partial charge in [-0.25, -0.2) is 4.79 Å². The number of fused-ring (bicyclic) bond motifs is 1. The second-order valence-corrected chi connectivity index (χ2v) is 7.20. The van der Waals surface area contributed by atoms with Gasteiger partial charge in [-0.2, -0.15) is 0 Å². The van der Waals surface area contributed by atoms with Crippen LogP contribution in [0.2, 0.25) is 0 Å². The highest BCUT2D eigenvalue weighted by atomic mass is 16.6. The number of hydrogen-bond donors (Lipinski definition) is 0. The Bertz CT molecular complexity index is 863. The van der Waals surface area contributed by atoms with Crippen molar-refractivity contribution in [2.24, 2.45) is 0 Å². The Balaban J connectivity index is 1.73. The Morgan fingerprint density at radius 3 is 2.57 bits per heavy atom. The van der Waals surface area contributed by atoms with Crippen molar-refractivity contribution in [2.45, 2.75) is 52.9 Å². The average molecular weight is 389 g/mol. The van der Waals surface area contributed by atoms with E-state index in [0.717, 1.165) is 5.39 Å². The normalized spacial score (nSPS) is 20.8. The summed E-state index contributed by atoms with van der Waals surface area (Å²) < 4.78 is 22.2. The fourth-order valence-corrected chi connectivity index (χ4v) is 3.53. The van der Waals surface area contributed by atoms with Crippen LogP contribution in [-0.4, -0.2) is 54.8 Å². The number of furan rings is 1. The maximum Gasteiger partial charge on any atom is 0.375 e. The molecule has 1 aliphatic rings. The molecule has 0 radical (unpaired) electrons. The number of nitrogens with zero attached hydrogens (tertiary/aromatic N) is 1. The zero-order valence-electron chi connectivity index (χ0n) is 17.0. The smallest absolute Gasteiger partial charge is 0.375 e. The van der Waals surface area contributed by atoms with Gasteiger partial charge in [0.2, 0.25) is 5.76 Å². The van der Waals surface area contributed by atoms with Crippen LogP contribution in [0.4, 0.5) is 0 Å². The molecule has 2 aromatic rings. The van der Waals surface area contributed by atoms with E-state index in [0.29, 0.717) is 36.6 Å². The van der Waals surface area contributed by atoms with Crippen molar-refractivity contribution in [3.63, 3.8) is 0 Å². The molecule has 3 rings (SSSR count). The first-order valence-corrected chi connectivity index (χ1v) is 9.61. The van der Waals surface area contributed by atoms with Gasteiger partial charge in [-0.3, -0.25) is 4.79 Å². The lowest BCUT2D eigenvalue weighted by Gasteiger charge is -2.36. The third kappa shape index (κ3) is 4.14. The number of carbonyl (C=O) groups is 2. The Kier molecular flexibility index (Phi) is 5.93. The first-order valence-electron chi connectivity index (χ1n) is 9.61. The van der Waals surface area contributed by atoms with Crippen LogP contribution in [-0.2, 0) is 14.3 Å². The molecule has 1 fully saturated rings. The minimum atomic E-state index is -0.906. The number of benzene rings is 1. The summed E-state index contributed by atoms with van der Waals surface area (Å²) in [6.07, 6.45) is -1.00. The Morgan fingerprint density at radius 1 is 1.25 bits per heavy atom. The summed E-state index contributed by atoms with van der Waals surface area (Å²) in [5, 5.41) is 0.785. The zero-order valence-corrected chi connectivity index (χ0v) is 17.0. The molecule has 7 nitrogen and oxygen atoms in total. The molecule has 1 aliphatic heterocycles. The zero-order chi connectivity index (χ0) is 20.4. The van der Waals surface area contributed by atoms with Gasteiger partial charge in [0.1, 0.15) is 11.3 Å². The number of ether oxygens (including phenoxy) is 3. The molecule has 28 heavy (non-hydrogen) atoms. The van der Waals surface area contributed by atoms with Gasteiger partial charge in [0.05, 0.1) is 18.8 Å². The van der Waals surface area contributed by atoms with Gasteiger partial charge in [-0.15, -0.1) is 0 Å². The van der Waals surface area contributed by atoms with Crippen molar-refractivity contribution in [3.05, 3.63) is 29.5 Å². The molecule has 1 saturated heterocycles. The van der Waals surface area contributed by atoms with E-state index in [-0.39, 0.29) is 23.9 Å². The van der Waals surface area contributed by atoms with Crippen molar-refractivity contribution < 1.29 is 28.2 Å². The van der Waals surface area contributed by atoms with Gasteiger partial charge >= 0.3 is 5.97 Å². The second-order valence-electron chi connectivity index (χ2n) is 7.20. The van der Waals surface area contributed by atoms with E-state index in [1.165, 1.54) is 0 Å². The maximum absolute atomic E-state index is 12.7. The van der Waals surface area contributed by atoms with E-state index in [9.17, 15) is 9.59 Å². The van der Waals surface area contributed by atoms with E-state index in [1.54, 1.807) is 30.9 Å². The van der Waals surface area contributed by atoms with Crippen molar-refractivity contribution in [2.75, 3.05) is 19.7 Å². The predicted octanol–water partition coefficient (Wildman–Crippen LogP) is 3.32. The molecule has 1 amide bonds. The third-order valence-electron chi connectivity index (χ3n) is 4.77. The lowest BCUT2D eigenvalue weighted by molar-refractivity contribution is -0.151. The van der Waals surface area contributed by atoms with E-state index in [4.69, 9.17) is 18.6 Å². The third-order valence-corrected chi connectivity index (χ3v) is 4.77. The van der Waals surface area contributed by atoms with E-state index < -0.39 is 12.1 Å². The summed E-state index contributed by atoms with van der Waals surface area (Å²) in [7, 11) is 0. The molecule has 0 aliphatic carbocycles. The molecule has 1 aromatic heterocycles. The van der Waals surface area contributed by atoms with Crippen molar-refractivity contribution in [3.8, 4) is 5.75 Å². The molecule has 0 bridgehead atoms. The van der Waals surface area contributed by atoms with Crippen LogP contribution in [0, 0.1) is 6.92 Å².